The Hall–Kier alpha value is -3.16. The van der Waals surface area contributed by atoms with Crippen molar-refractivity contribution in [3.63, 3.8) is 0 Å². The minimum Gasteiger partial charge on any atom is -0.347 e. The molecule has 0 aliphatic heterocycles. The molecule has 0 radical (unpaired) electrons. The molecule has 0 fully saturated rings. The van der Waals surface area contributed by atoms with Crippen molar-refractivity contribution in [2.75, 3.05) is 0 Å². The highest BCUT2D eigenvalue weighted by molar-refractivity contribution is 5.83. The highest BCUT2D eigenvalue weighted by Crippen LogP contribution is 2.22. The summed E-state index contributed by atoms with van der Waals surface area (Å²) in [6, 6.07) is 8.80. The van der Waals surface area contributed by atoms with E-state index >= 15 is 0 Å². The molecule has 138 valence electrons. The summed E-state index contributed by atoms with van der Waals surface area (Å²) in [5.41, 5.74) is 4.22. The third-order valence-corrected chi connectivity index (χ3v) is 4.85. The number of nitrogens with one attached hydrogen (secondary N) is 1. The Labute approximate surface area is 157 Å². The van der Waals surface area contributed by atoms with Crippen molar-refractivity contribution >= 4 is 5.91 Å². The summed E-state index contributed by atoms with van der Waals surface area (Å²) in [4.78, 5) is 22.2. The second kappa shape index (κ2) is 7.61. The molecule has 0 spiro atoms. The molecular weight excluding hydrogens is 342 g/mol. The molecule has 1 aromatic carbocycles. The number of aromatic nitrogens is 6. The third-order valence-electron chi connectivity index (χ3n) is 4.85. The number of amides is 1. The topological polar surface area (TPSA) is 98.5 Å². The molecule has 1 N–H and O–H groups in total. The first-order chi connectivity index (χ1) is 13.2. The summed E-state index contributed by atoms with van der Waals surface area (Å²) < 4.78 is 1.45. The molecule has 8 nitrogen and oxygen atoms in total. The Bertz CT molecular complexity index is 925. The van der Waals surface area contributed by atoms with Gasteiger partial charge in [0.05, 0.1) is 6.54 Å². The van der Waals surface area contributed by atoms with Crippen LogP contribution in [0.1, 0.15) is 47.2 Å². The van der Waals surface area contributed by atoms with Gasteiger partial charge >= 0.3 is 0 Å². The molecule has 4 rings (SSSR count). The van der Waals surface area contributed by atoms with Gasteiger partial charge in [-0.25, -0.2) is 14.6 Å². The highest BCUT2D eigenvalue weighted by atomic mass is 16.2. The lowest BCUT2D eigenvalue weighted by Gasteiger charge is -2.19. The maximum Gasteiger partial charge on any atom is 0.249 e. The molecule has 1 aliphatic rings. The molecule has 0 saturated carbocycles. The maximum atomic E-state index is 12.9. The second-order valence-electron chi connectivity index (χ2n) is 6.68. The second-order valence-corrected chi connectivity index (χ2v) is 6.68. The van der Waals surface area contributed by atoms with Gasteiger partial charge in [-0.3, -0.25) is 4.79 Å². The van der Waals surface area contributed by atoms with Gasteiger partial charge in [-0.15, -0.1) is 5.10 Å². The zero-order valence-corrected chi connectivity index (χ0v) is 15.2. The van der Waals surface area contributed by atoms with E-state index < -0.39 is 6.04 Å². The number of fused-ring (bicyclic) bond motifs is 1. The van der Waals surface area contributed by atoms with Gasteiger partial charge in [-0.05, 0) is 54.2 Å². The van der Waals surface area contributed by atoms with Crippen LogP contribution in [0.25, 0.3) is 0 Å². The number of carbonyl (C=O) groups is 1. The first-order valence-electron chi connectivity index (χ1n) is 9.13. The molecule has 1 aliphatic carbocycles. The molecule has 3 aromatic rings. The van der Waals surface area contributed by atoms with Gasteiger partial charge in [0.25, 0.3) is 0 Å². The molecular formula is C19H21N7O. The molecule has 27 heavy (non-hydrogen) atoms. The van der Waals surface area contributed by atoms with E-state index in [2.05, 4.69) is 30.8 Å². The summed E-state index contributed by atoms with van der Waals surface area (Å²) in [7, 11) is 0. The molecule has 1 atom stereocenters. The van der Waals surface area contributed by atoms with Crippen LogP contribution in [0.3, 0.4) is 0 Å². The van der Waals surface area contributed by atoms with E-state index in [9.17, 15) is 4.79 Å². The van der Waals surface area contributed by atoms with E-state index in [0.717, 1.165) is 36.2 Å². The van der Waals surface area contributed by atoms with Crippen molar-refractivity contribution in [3.05, 3.63) is 65.0 Å². The van der Waals surface area contributed by atoms with Crippen molar-refractivity contribution in [1.29, 1.82) is 0 Å². The van der Waals surface area contributed by atoms with Crippen molar-refractivity contribution in [2.45, 2.75) is 45.2 Å². The summed E-state index contributed by atoms with van der Waals surface area (Å²) in [5.74, 6) is 0.442. The van der Waals surface area contributed by atoms with Crippen molar-refractivity contribution < 1.29 is 4.79 Å². The average molecular weight is 363 g/mol. The van der Waals surface area contributed by atoms with Crippen molar-refractivity contribution in [2.24, 2.45) is 0 Å². The van der Waals surface area contributed by atoms with E-state index in [1.165, 1.54) is 23.0 Å². The van der Waals surface area contributed by atoms with Gasteiger partial charge in [0.1, 0.15) is 12.2 Å². The molecule has 8 heteroatoms. The Balaban J connectivity index is 1.53. The normalized spacial score (nSPS) is 14.4. The average Bonchev–Trinajstić information content (AvgIpc) is 3.22. The quantitative estimate of drug-likeness (QED) is 0.739. The van der Waals surface area contributed by atoms with Crippen LogP contribution in [0.15, 0.2) is 36.7 Å². The van der Waals surface area contributed by atoms with Gasteiger partial charge in [-0.1, -0.05) is 30.3 Å². The van der Waals surface area contributed by atoms with Crippen LogP contribution >= 0.6 is 0 Å². The lowest BCUT2D eigenvalue weighted by molar-refractivity contribution is -0.123. The van der Waals surface area contributed by atoms with Crippen LogP contribution < -0.4 is 5.32 Å². The summed E-state index contributed by atoms with van der Waals surface area (Å²) in [6.07, 6.45) is 5.82. The van der Waals surface area contributed by atoms with Crippen LogP contribution in [0.5, 0.6) is 0 Å². The number of rotatable bonds is 5. The summed E-state index contributed by atoms with van der Waals surface area (Å²) >= 11 is 0. The number of nitrogens with zero attached hydrogens (tertiary/aromatic N) is 6. The Morgan fingerprint density at radius 1 is 1.19 bits per heavy atom. The summed E-state index contributed by atoms with van der Waals surface area (Å²) in [6.45, 7) is 2.30. The molecule has 2 heterocycles. The van der Waals surface area contributed by atoms with Crippen molar-refractivity contribution in [1.82, 2.24) is 35.5 Å². The van der Waals surface area contributed by atoms with Crippen LogP contribution in [0.2, 0.25) is 0 Å². The number of aryl methyl sites for hydroxylation is 2. The fourth-order valence-corrected chi connectivity index (χ4v) is 3.53. The van der Waals surface area contributed by atoms with Crippen LogP contribution in [-0.2, 0) is 24.2 Å². The Morgan fingerprint density at radius 2 is 2.00 bits per heavy atom. The van der Waals surface area contributed by atoms with Gasteiger partial charge in [0.15, 0.2) is 6.04 Å². The zero-order valence-electron chi connectivity index (χ0n) is 15.2. The molecule has 1 amide bonds. The van der Waals surface area contributed by atoms with Gasteiger partial charge < -0.3 is 5.32 Å². The molecule has 0 unspecified atom stereocenters. The number of tetrazole rings is 1. The van der Waals surface area contributed by atoms with E-state index in [0.29, 0.717) is 5.82 Å². The van der Waals surface area contributed by atoms with E-state index in [1.54, 1.807) is 0 Å². The maximum absolute atomic E-state index is 12.9. The highest BCUT2D eigenvalue weighted by Gasteiger charge is 2.24. The number of carbonyl (C=O) groups excluding carboxylic acids is 1. The SMILES string of the molecule is Cc1nc(CNC(=O)[C@H](c2ccccc2)n2cnnn2)nc2c1CCCC2. The predicted molar refractivity (Wildman–Crippen MR) is 97.7 cm³/mol. The lowest BCUT2D eigenvalue weighted by Crippen LogP contribution is -2.34. The van der Waals surface area contributed by atoms with Crippen LogP contribution in [0.4, 0.5) is 0 Å². The predicted octanol–water partition coefficient (Wildman–Crippen LogP) is 1.56. The first kappa shape index (κ1) is 17.3. The van der Waals surface area contributed by atoms with Gasteiger partial charge in [0, 0.05) is 11.4 Å². The molecule has 0 bridgehead atoms. The minimum absolute atomic E-state index is 0.201. The lowest BCUT2D eigenvalue weighted by atomic mass is 9.95. The number of benzene rings is 1. The van der Waals surface area contributed by atoms with E-state index in [1.807, 2.05) is 37.3 Å². The standard InChI is InChI=1S/C19H21N7O/c1-13-15-9-5-6-10-16(15)23-17(22-13)11-20-19(27)18(26-12-21-24-25-26)14-7-3-2-4-8-14/h2-4,7-8,12,18H,5-6,9-11H2,1H3,(H,20,27)/t18-/m0/s1. The fourth-order valence-electron chi connectivity index (χ4n) is 3.53. The minimum atomic E-state index is -0.639. The third kappa shape index (κ3) is 3.69. The Kier molecular flexibility index (Phi) is 4.86. The smallest absolute Gasteiger partial charge is 0.249 e. The zero-order chi connectivity index (χ0) is 18.6. The summed E-state index contributed by atoms with van der Waals surface area (Å²) in [5, 5.41) is 14.2. The van der Waals surface area contributed by atoms with Crippen LogP contribution in [0, 0.1) is 6.92 Å². The first-order valence-corrected chi connectivity index (χ1v) is 9.13. The molecule has 2 aromatic heterocycles. The fraction of sp³-hybridized carbons (Fsp3) is 0.368. The number of hydrogen-bond donors (Lipinski definition) is 1. The monoisotopic (exact) mass is 363 g/mol. The number of hydrogen-bond acceptors (Lipinski definition) is 6. The molecule has 0 saturated heterocycles. The largest absolute Gasteiger partial charge is 0.347 e. The Morgan fingerprint density at radius 3 is 2.78 bits per heavy atom. The van der Waals surface area contributed by atoms with E-state index in [-0.39, 0.29) is 12.5 Å². The van der Waals surface area contributed by atoms with E-state index in [4.69, 9.17) is 0 Å². The van der Waals surface area contributed by atoms with Crippen molar-refractivity contribution in [3.8, 4) is 0 Å². The van der Waals surface area contributed by atoms with Gasteiger partial charge in [0.2, 0.25) is 5.91 Å². The van der Waals surface area contributed by atoms with Crippen LogP contribution in [-0.4, -0.2) is 36.1 Å². The van der Waals surface area contributed by atoms with Gasteiger partial charge in [-0.2, -0.15) is 0 Å².